The molecule has 0 N–H and O–H groups in total. The Balaban J connectivity index is 1.58. The Morgan fingerprint density at radius 3 is 2.29 bits per heavy atom. The summed E-state index contributed by atoms with van der Waals surface area (Å²) in [4.78, 5) is 14.0. The van der Waals surface area contributed by atoms with Crippen molar-refractivity contribution in [1.82, 2.24) is 9.21 Å². The van der Waals surface area contributed by atoms with Gasteiger partial charge in [-0.1, -0.05) is 24.1 Å². The molecule has 0 atom stereocenters. The predicted octanol–water partition coefficient (Wildman–Crippen LogP) is 1.31. The third-order valence-corrected chi connectivity index (χ3v) is 6.32. The molecule has 0 aliphatic carbocycles. The zero-order valence-corrected chi connectivity index (χ0v) is 14.7. The van der Waals surface area contributed by atoms with E-state index in [-0.39, 0.29) is 11.3 Å². The molecular weight excluding hydrogens is 324 g/mol. The number of carbonyl (C=O) groups is 1. The molecule has 2 saturated heterocycles. The number of carbonyl (C=O) groups excluding carboxylic acids is 1. The molecule has 0 saturated carbocycles. The minimum Gasteiger partial charge on any atom is -0.332 e. The molecule has 0 bridgehead atoms. The predicted molar refractivity (Wildman–Crippen MR) is 92.6 cm³/mol. The van der Waals surface area contributed by atoms with Crippen molar-refractivity contribution in [3.63, 3.8) is 0 Å². The van der Waals surface area contributed by atoms with E-state index in [0.717, 1.165) is 24.8 Å². The molecule has 2 aliphatic heterocycles. The molecule has 24 heavy (non-hydrogen) atoms. The first kappa shape index (κ1) is 17.0. The van der Waals surface area contributed by atoms with Crippen LogP contribution in [0, 0.1) is 17.3 Å². The van der Waals surface area contributed by atoms with Gasteiger partial charge < -0.3 is 4.90 Å². The van der Waals surface area contributed by atoms with Gasteiger partial charge in [-0.25, -0.2) is 12.7 Å². The van der Waals surface area contributed by atoms with Gasteiger partial charge in [0.15, 0.2) is 0 Å². The molecule has 1 spiro atoms. The number of sulfonamides is 1. The van der Waals surface area contributed by atoms with Crippen LogP contribution < -0.4 is 0 Å². The first-order valence-corrected chi connectivity index (χ1v) is 10.0. The minimum atomic E-state index is -3.12. The first-order valence-electron chi connectivity index (χ1n) is 8.19. The summed E-state index contributed by atoms with van der Waals surface area (Å²) >= 11 is 0. The van der Waals surface area contributed by atoms with E-state index in [1.165, 1.54) is 6.26 Å². The van der Waals surface area contributed by atoms with Gasteiger partial charge in [0.1, 0.15) is 0 Å². The van der Waals surface area contributed by atoms with Gasteiger partial charge in [0, 0.05) is 37.7 Å². The lowest BCUT2D eigenvalue weighted by Crippen LogP contribution is -2.44. The van der Waals surface area contributed by atoms with Crippen LogP contribution in [0.5, 0.6) is 0 Å². The highest BCUT2D eigenvalue weighted by molar-refractivity contribution is 7.88. The Labute approximate surface area is 143 Å². The average Bonchev–Trinajstić information content (AvgIpc) is 2.98. The Morgan fingerprint density at radius 1 is 1.08 bits per heavy atom. The summed E-state index contributed by atoms with van der Waals surface area (Å²) in [6.45, 7) is 2.49. The largest absolute Gasteiger partial charge is 0.332 e. The lowest BCUT2D eigenvalue weighted by molar-refractivity contribution is -0.127. The summed E-state index contributed by atoms with van der Waals surface area (Å²) in [6, 6.07) is 9.46. The average molecular weight is 346 g/mol. The number of amides is 1. The maximum Gasteiger partial charge on any atom is 0.298 e. The van der Waals surface area contributed by atoms with E-state index in [1.54, 1.807) is 9.21 Å². The third-order valence-electron chi connectivity index (χ3n) is 5.07. The number of benzene rings is 1. The Hall–Kier alpha value is -1.84. The summed E-state index contributed by atoms with van der Waals surface area (Å²) < 4.78 is 25.0. The second-order valence-electron chi connectivity index (χ2n) is 6.75. The van der Waals surface area contributed by atoms with Crippen LogP contribution in [0.1, 0.15) is 24.8 Å². The van der Waals surface area contributed by atoms with Crippen molar-refractivity contribution in [2.45, 2.75) is 19.3 Å². The van der Waals surface area contributed by atoms with E-state index >= 15 is 0 Å². The second-order valence-corrected chi connectivity index (χ2v) is 8.74. The molecule has 0 aromatic heterocycles. The van der Waals surface area contributed by atoms with E-state index in [4.69, 9.17) is 0 Å². The third kappa shape index (κ3) is 3.80. The summed E-state index contributed by atoms with van der Waals surface area (Å²) in [5.74, 6) is 5.47. The van der Waals surface area contributed by atoms with Crippen LogP contribution in [0.15, 0.2) is 30.3 Å². The zero-order chi connectivity index (χ0) is 17.2. The van der Waals surface area contributed by atoms with Crippen LogP contribution in [0.4, 0.5) is 0 Å². The lowest BCUT2D eigenvalue weighted by Gasteiger charge is -2.38. The highest BCUT2D eigenvalue weighted by Gasteiger charge is 2.43. The lowest BCUT2D eigenvalue weighted by atomic mass is 9.78. The summed E-state index contributed by atoms with van der Waals surface area (Å²) in [7, 11) is -3.12. The SMILES string of the molecule is CS(=O)(=O)N1CCC2(CCN(C(=O)C#Cc3ccccc3)CC2)C1. The van der Waals surface area contributed by atoms with E-state index in [2.05, 4.69) is 11.8 Å². The number of nitrogens with zero attached hydrogens (tertiary/aromatic N) is 2. The van der Waals surface area contributed by atoms with E-state index < -0.39 is 10.0 Å². The van der Waals surface area contributed by atoms with Crippen molar-refractivity contribution in [2.24, 2.45) is 5.41 Å². The first-order chi connectivity index (χ1) is 11.4. The van der Waals surface area contributed by atoms with Crippen molar-refractivity contribution < 1.29 is 13.2 Å². The minimum absolute atomic E-state index is 0.0344. The second kappa shape index (κ2) is 6.58. The van der Waals surface area contributed by atoms with E-state index in [1.807, 2.05) is 30.3 Å². The van der Waals surface area contributed by atoms with Gasteiger partial charge in [0.25, 0.3) is 5.91 Å². The fourth-order valence-corrected chi connectivity index (χ4v) is 4.43. The summed E-state index contributed by atoms with van der Waals surface area (Å²) in [6.07, 6.45) is 3.84. The molecule has 0 radical (unpaired) electrons. The normalized spacial score (nSPS) is 20.6. The quantitative estimate of drug-likeness (QED) is 0.721. The number of rotatable bonds is 1. The van der Waals surface area contributed by atoms with E-state index in [9.17, 15) is 13.2 Å². The molecular formula is C18H22N2O3S. The Bertz CT molecular complexity index is 769. The Morgan fingerprint density at radius 2 is 1.71 bits per heavy atom. The van der Waals surface area contributed by atoms with Crippen LogP contribution in [0.2, 0.25) is 0 Å². The van der Waals surface area contributed by atoms with Crippen LogP contribution in [0.25, 0.3) is 0 Å². The molecule has 1 aromatic rings. The van der Waals surface area contributed by atoms with Crippen molar-refractivity contribution in [1.29, 1.82) is 0 Å². The van der Waals surface area contributed by atoms with Gasteiger partial charge in [-0.2, -0.15) is 0 Å². The molecule has 1 amide bonds. The van der Waals surface area contributed by atoms with Gasteiger partial charge in [0.05, 0.1) is 6.26 Å². The summed E-state index contributed by atoms with van der Waals surface area (Å²) in [5, 5.41) is 0. The smallest absolute Gasteiger partial charge is 0.298 e. The fraction of sp³-hybridized carbons (Fsp3) is 0.500. The molecule has 2 fully saturated rings. The maximum atomic E-state index is 12.2. The van der Waals surface area contributed by atoms with Gasteiger partial charge in [0.2, 0.25) is 10.0 Å². The van der Waals surface area contributed by atoms with E-state index in [0.29, 0.717) is 26.2 Å². The zero-order valence-electron chi connectivity index (χ0n) is 13.9. The molecule has 128 valence electrons. The van der Waals surface area contributed by atoms with Crippen LogP contribution in [-0.2, 0) is 14.8 Å². The van der Waals surface area contributed by atoms with Crippen molar-refractivity contribution in [2.75, 3.05) is 32.4 Å². The number of piperidine rings is 1. The molecule has 0 unspecified atom stereocenters. The highest BCUT2D eigenvalue weighted by atomic mass is 32.2. The van der Waals surface area contributed by atoms with Crippen LogP contribution >= 0.6 is 0 Å². The van der Waals surface area contributed by atoms with Gasteiger partial charge in [-0.3, -0.25) is 4.79 Å². The fourth-order valence-electron chi connectivity index (χ4n) is 3.50. The molecule has 6 heteroatoms. The molecule has 1 aromatic carbocycles. The van der Waals surface area contributed by atoms with Crippen molar-refractivity contribution in [3.8, 4) is 11.8 Å². The standard InChI is InChI=1S/C18H22N2O3S/c1-24(22,23)20-14-11-18(15-20)9-12-19(13-10-18)17(21)8-7-16-5-3-2-4-6-16/h2-6H,9-15H2,1H3. The van der Waals surface area contributed by atoms with Gasteiger partial charge >= 0.3 is 0 Å². The number of likely N-dealkylation sites (tertiary alicyclic amines) is 1. The highest BCUT2D eigenvalue weighted by Crippen LogP contribution is 2.41. The molecule has 2 aliphatic rings. The van der Waals surface area contributed by atoms with Crippen LogP contribution in [-0.4, -0.2) is 56.0 Å². The van der Waals surface area contributed by atoms with Crippen molar-refractivity contribution >= 4 is 15.9 Å². The monoisotopic (exact) mass is 346 g/mol. The summed E-state index contributed by atoms with van der Waals surface area (Å²) in [5.41, 5.74) is 0.867. The van der Waals surface area contributed by atoms with Crippen molar-refractivity contribution in [3.05, 3.63) is 35.9 Å². The van der Waals surface area contributed by atoms with Gasteiger partial charge in [-0.05, 0) is 36.8 Å². The molecule has 5 nitrogen and oxygen atoms in total. The number of hydrogen-bond acceptors (Lipinski definition) is 3. The topological polar surface area (TPSA) is 57.7 Å². The molecule has 2 heterocycles. The van der Waals surface area contributed by atoms with Crippen LogP contribution in [0.3, 0.4) is 0 Å². The maximum absolute atomic E-state index is 12.2. The molecule has 3 rings (SSSR count). The van der Waals surface area contributed by atoms with Gasteiger partial charge in [-0.15, -0.1) is 0 Å². The number of hydrogen-bond donors (Lipinski definition) is 0. The Kier molecular flexibility index (Phi) is 4.66.